The summed E-state index contributed by atoms with van der Waals surface area (Å²) in [5, 5.41) is 0. The molecule has 0 atom stereocenters. The monoisotopic (exact) mass is 233 g/mol. The molecule has 2 N–H and O–H groups in total. The van der Waals surface area contributed by atoms with Crippen LogP contribution in [0.25, 0.3) is 0 Å². The predicted molar refractivity (Wildman–Crippen MR) is 71.0 cm³/mol. The number of rotatable bonds is 4. The molecule has 1 aromatic rings. The summed E-state index contributed by atoms with van der Waals surface area (Å²) in [5.74, 6) is 0. The highest BCUT2D eigenvalue weighted by Crippen LogP contribution is 2.41. The lowest BCUT2D eigenvalue weighted by Gasteiger charge is -2.38. The van der Waals surface area contributed by atoms with E-state index in [2.05, 4.69) is 24.3 Å². The minimum Gasteiger partial charge on any atom is -0.384 e. The molecule has 0 radical (unpaired) electrons. The van der Waals surface area contributed by atoms with Crippen LogP contribution in [0.3, 0.4) is 0 Å². The molecule has 0 unspecified atom stereocenters. The van der Waals surface area contributed by atoms with E-state index >= 15 is 0 Å². The fourth-order valence-corrected chi connectivity index (χ4v) is 3.21. The van der Waals surface area contributed by atoms with E-state index in [0.29, 0.717) is 6.54 Å². The Bertz CT molecular complexity index is 350. The molecule has 2 heteroatoms. The minimum atomic E-state index is 0.211. The van der Waals surface area contributed by atoms with E-state index in [1.54, 1.807) is 7.11 Å². The minimum absolute atomic E-state index is 0.211. The van der Waals surface area contributed by atoms with Gasteiger partial charge in [-0.3, -0.25) is 0 Å². The third-order valence-electron chi connectivity index (χ3n) is 4.04. The standard InChI is InChI=1S/C15H23NO/c1-17-12-15(9-5-2-6-10-15)14-8-4-3-7-13(14)11-16/h3-4,7-8H,2,5-6,9-12,16H2,1H3. The van der Waals surface area contributed by atoms with Gasteiger partial charge in [-0.25, -0.2) is 0 Å². The van der Waals surface area contributed by atoms with Crippen LogP contribution in [-0.4, -0.2) is 13.7 Å². The molecule has 94 valence electrons. The average Bonchev–Trinajstić information content (AvgIpc) is 2.40. The summed E-state index contributed by atoms with van der Waals surface area (Å²) in [7, 11) is 1.81. The molecule has 1 fully saturated rings. The highest BCUT2D eigenvalue weighted by molar-refractivity contribution is 5.35. The fraction of sp³-hybridized carbons (Fsp3) is 0.600. The van der Waals surface area contributed by atoms with Gasteiger partial charge in [-0.05, 0) is 24.0 Å². The van der Waals surface area contributed by atoms with Gasteiger partial charge >= 0.3 is 0 Å². The number of nitrogens with two attached hydrogens (primary N) is 1. The van der Waals surface area contributed by atoms with Crippen molar-refractivity contribution in [1.82, 2.24) is 0 Å². The number of ether oxygens (including phenoxy) is 1. The molecule has 17 heavy (non-hydrogen) atoms. The lowest BCUT2D eigenvalue weighted by molar-refractivity contribution is 0.103. The molecule has 0 saturated heterocycles. The lowest BCUT2D eigenvalue weighted by Crippen LogP contribution is -2.35. The normalized spacial score (nSPS) is 19.2. The molecule has 0 heterocycles. The van der Waals surface area contributed by atoms with Gasteiger partial charge < -0.3 is 10.5 Å². The average molecular weight is 233 g/mol. The SMILES string of the molecule is COCC1(c2ccccc2CN)CCCCC1. The number of hydrogen-bond donors (Lipinski definition) is 1. The second-order valence-electron chi connectivity index (χ2n) is 5.14. The van der Waals surface area contributed by atoms with Gasteiger partial charge in [0.05, 0.1) is 6.61 Å². The van der Waals surface area contributed by atoms with E-state index in [4.69, 9.17) is 10.5 Å². The van der Waals surface area contributed by atoms with Crippen molar-refractivity contribution in [3.05, 3.63) is 35.4 Å². The van der Waals surface area contributed by atoms with Gasteiger partial charge in [0, 0.05) is 19.1 Å². The third kappa shape index (κ3) is 2.53. The van der Waals surface area contributed by atoms with Crippen molar-refractivity contribution in [3.8, 4) is 0 Å². The van der Waals surface area contributed by atoms with E-state index in [9.17, 15) is 0 Å². The quantitative estimate of drug-likeness (QED) is 0.867. The summed E-state index contributed by atoms with van der Waals surface area (Å²) >= 11 is 0. The van der Waals surface area contributed by atoms with Crippen molar-refractivity contribution < 1.29 is 4.74 Å². The second-order valence-corrected chi connectivity index (χ2v) is 5.14. The van der Waals surface area contributed by atoms with E-state index in [-0.39, 0.29) is 5.41 Å². The van der Waals surface area contributed by atoms with Crippen LogP contribution in [0.1, 0.15) is 43.2 Å². The number of benzene rings is 1. The Hall–Kier alpha value is -0.860. The molecule has 0 spiro atoms. The van der Waals surface area contributed by atoms with Crippen LogP contribution < -0.4 is 5.73 Å². The highest BCUT2D eigenvalue weighted by atomic mass is 16.5. The first-order valence-electron chi connectivity index (χ1n) is 6.60. The molecule has 0 aromatic heterocycles. The van der Waals surface area contributed by atoms with Gasteiger partial charge in [-0.2, -0.15) is 0 Å². The second kappa shape index (κ2) is 5.65. The van der Waals surface area contributed by atoms with Crippen LogP contribution in [0.15, 0.2) is 24.3 Å². The maximum atomic E-state index is 5.87. The van der Waals surface area contributed by atoms with Gasteiger partial charge in [-0.15, -0.1) is 0 Å². The van der Waals surface area contributed by atoms with Gasteiger partial charge in [-0.1, -0.05) is 43.5 Å². The summed E-state index contributed by atoms with van der Waals surface area (Å²) in [6.45, 7) is 1.45. The molecule has 2 rings (SSSR count). The molecule has 1 saturated carbocycles. The molecule has 2 nitrogen and oxygen atoms in total. The van der Waals surface area contributed by atoms with E-state index in [1.807, 2.05) is 0 Å². The Labute approximate surface area is 104 Å². The summed E-state index contributed by atoms with van der Waals surface area (Å²) in [6, 6.07) is 8.60. The zero-order valence-electron chi connectivity index (χ0n) is 10.7. The molecular formula is C15H23NO. The first-order valence-corrected chi connectivity index (χ1v) is 6.60. The maximum absolute atomic E-state index is 5.87. The summed E-state index contributed by atoms with van der Waals surface area (Å²) in [4.78, 5) is 0. The highest BCUT2D eigenvalue weighted by Gasteiger charge is 2.35. The lowest BCUT2D eigenvalue weighted by atomic mass is 9.68. The van der Waals surface area contributed by atoms with Crippen LogP contribution >= 0.6 is 0 Å². The molecule has 0 aliphatic heterocycles. The van der Waals surface area contributed by atoms with Crippen molar-refractivity contribution in [2.45, 2.75) is 44.1 Å². The Morgan fingerprint density at radius 1 is 1.18 bits per heavy atom. The molecule has 1 aromatic carbocycles. The summed E-state index contributed by atoms with van der Waals surface area (Å²) in [5.41, 5.74) is 8.79. The number of methoxy groups -OCH3 is 1. The topological polar surface area (TPSA) is 35.2 Å². The summed E-state index contributed by atoms with van der Waals surface area (Å²) in [6.07, 6.45) is 6.44. The van der Waals surface area contributed by atoms with Crippen LogP contribution in [0.4, 0.5) is 0 Å². The van der Waals surface area contributed by atoms with E-state index in [0.717, 1.165) is 6.61 Å². The largest absolute Gasteiger partial charge is 0.384 e. The Balaban J connectivity index is 2.37. The van der Waals surface area contributed by atoms with Crippen LogP contribution in [-0.2, 0) is 16.7 Å². The smallest absolute Gasteiger partial charge is 0.0559 e. The maximum Gasteiger partial charge on any atom is 0.0559 e. The van der Waals surface area contributed by atoms with Crippen molar-refractivity contribution >= 4 is 0 Å². The first kappa shape index (κ1) is 12.6. The van der Waals surface area contributed by atoms with Crippen molar-refractivity contribution in [1.29, 1.82) is 0 Å². The van der Waals surface area contributed by atoms with Crippen LogP contribution in [0.5, 0.6) is 0 Å². The molecule has 1 aliphatic rings. The van der Waals surface area contributed by atoms with Crippen molar-refractivity contribution in [2.75, 3.05) is 13.7 Å². The van der Waals surface area contributed by atoms with Crippen LogP contribution in [0.2, 0.25) is 0 Å². The zero-order valence-corrected chi connectivity index (χ0v) is 10.7. The molecular weight excluding hydrogens is 210 g/mol. The van der Waals surface area contributed by atoms with Crippen molar-refractivity contribution in [2.24, 2.45) is 5.73 Å². The van der Waals surface area contributed by atoms with E-state index in [1.165, 1.54) is 43.2 Å². The zero-order chi connectivity index (χ0) is 12.1. The Morgan fingerprint density at radius 2 is 1.88 bits per heavy atom. The van der Waals surface area contributed by atoms with Crippen LogP contribution in [0, 0.1) is 0 Å². The Kier molecular flexibility index (Phi) is 4.19. The van der Waals surface area contributed by atoms with Gasteiger partial charge in [0.25, 0.3) is 0 Å². The number of hydrogen-bond acceptors (Lipinski definition) is 2. The molecule has 0 amide bonds. The first-order chi connectivity index (χ1) is 8.32. The molecule has 0 bridgehead atoms. The summed E-state index contributed by atoms with van der Waals surface area (Å²) < 4.78 is 5.50. The fourth-order valence-electron chi connectivity index (χ4n) is 3.21. The van der Waals surface area contributed by atoms with Gasteiger partial charge in [0.1, 0.15) is 0 Å². The van der Waals surface area contributed by atoms with Gasteiger partial charge in [0.15, 0.2) is 0 Å². The third-order valence-corrected chi connectivity index (χ3v) is 4.04. The van der Waals surface area contributed by atoms with Gasteiger partial charge in [0.2, 0.25) is 0 Å². The van der Waals surface area contributed by atoms with Crippen molar-refractivity contribution in [3.63, 3.8) is 0 Å². The molecule has 1 aliphatic carbocycles. The predicted octanol–water partition coefficient (Wildman–Crippen LogP) is 2.99. The van der Waals surface area contributed by atoms with E-state index < -0.39 is 0 Å². The Morgan fingerprint density at radius 3 is 2.53 bits per heavy atom.